The molecule has 0 bridgehead atoms. The second-order valence-corrected chi connectivity index (χ2v) is 7.78. The maximum Gasteiger partial charge on any atom is 0.314 e. The molecular formula is C26H28O3. The number of hydrogen-bond donors (Lipinski definition) is 1. The Kier molecular flexibility index (Phi) is 6.38. The average Bonchev–Trinajstić information content (AvgIpc) is 2.73. The van der Waals surface area contributed by atoms with Crippen molar-refractivity contribution in [3.05, 3.63) is 101 Å². The summed E-state index contributed by atoms with van der Waals surface area (Å²) in [5, 5.41) is 10.4. The summed E-state index contributed by atoms with van der Waals surface area (Å²) in [6.07, 6.45) is 1.13. The zero-order valence-electron chi connectivity index (χ0n) is 17.3. The molecule has 0 saturated carbocycles. The summed E-state index contributed by atoms with van der Waals surface area (Å²) in [4.78, 5) is 12.7. The van der Waals surface area contributed by atoms with Crippen molar-refractivity contribution in [2.75, 3.05) is 7.11 Å². The van der Waals surface area contributed by atoms with Crippen molar-refractivity contribution in [2.45, 2.75) is 32.1 Å². The molecule has 1 unspecified atom stereocenters. The molecule has 3 rings (SSSR count). The highest BCUT2D eigenvalue weighted by atomic mass is 16.5. The van der Waals surface area contributed by atoms with Crippen LogP contribution in [0.2, 0.25) is 0 Å². The van der Waals surface area contributed by atoms with E-state index in [0.717, 1.165) is 28.0 Å². The summed E-state index contributed by atoms with van der Waals surface area (Å²) < 4.78 is 5.58. The van der Waals surface area contributed by atoms with E-state index in [1.165, 1.54) is 0 Å². The number of hydrogen-bond acceptors (Lipinski definition) is 2. The number of carbonyl (C=O) groups is 1. The number of aliphatic carboxylic acids is 1. The van der Waals surface area contributed by atoms with Crippen molar-refractivity contribution in [1.29, 1.82) is 0 Å². The van der Waals surface area contributed by atoms with Crippen molar-refractivity contribution >= 4 is 5.97 Å². The summed E-state index contributed by atoms with van der Waals surface area (Å²) in [6.45, 7) is 3.97. The van der Waals surface area contributed by atoms with Gasteiger partial charge in [0.05, 0.1) is 12.5 Å². The topological polar surface area (TPSA) is 46.5 Å². The molecule has 0 amide bonds. The number of ether oxygens (including phenoxy) is 1. The molecule has 3 nitrogen and oxygen atoms in total. The van der Waals surface area contributed by atoms with Gasteiger partial charge in [-0.25, -0.2) is 0 Å². The quantitative estimate of drug-likeness (QED) is 0.554. The summed E-state index contributed by atoms with van der Waals surface area (Å²) in [5.74, 6) is -0.106. The first-order chi connectivity index (χ1) is 14.0. The molecule has 0 aliphatic rings. The van der Waals surface area contributed by atoms with Gasteiger partial charge in [-0.15, -0.1) is 0 Å². The van der Waals surface area contributed by atoms with Gasteiger partial charge < -0.3 is 9.84 Å². The lowest BCUT2D eigenvalue weighted by Crippen LogP contribution is -2.43. The maximum absolute atomic E-state index is 12.7. The Bertz CT molecular complexity index is 948. The van der Waals surface area contributed by atoms with Crippen LogP contribution in [0.1, 0.15) is 36.1 Å². The first-order valence-electron chi connectivity index (χ1n) is 9.96. The molecule has 0 aliphatic carbocycles. The smallest absolute Gasteiger partial charge is 0.314 e. The lowest BCUT2D eigenvalue weighted by molar-refractivity contribution is -0.145. The normalized spacial score (nSPS) is 13.1. The van der Waals surface area contributed by atoms with E-state index < -0.39 is 11.4 Å². The molecule has 1 N–H and O–H groups in total. The standard InChI is InChI=1S/C26H28O3/c1-19(2)26(25(27)28,18-21-12-8-5-9-13-21)23-14-15-24(29-3)22(17-23)16-20-10-6-4-7-11-20/h4-15,17,19H,16,18H2,1-3H3,(H,27,28). The minimum absolute atomic E-state index is 0.0850. The van der Waals surface area contributed by atoms with Crippen LogP contribution >= 0.6 is 0 Å². The average molecular weight is 389 g/mol. The van der Waals surface area contributed by atoms with E-state index in [0.29, 0.717) is 12.8 Å². The second kappa shape index (κ2) is 8.95. The van der Waals surface area contributed by atoms with Crippen molar-refractivity contribution in [2.24, 2.45) is 5.92 Å². The van der Waals surface area contributed by atoms with Crippen molar-refractivity contribution in [3.63, 3.8) is 0 Å². The molecule has 1 atom stereocenters. The lowest BCUT2D eigenvalue weighted by Gasteiger charge is -2.35. The molecule has 0 heterocycles. The van der Waals surface area contributed by atoms with Gasteiger partial charge in [0.15, 0.2) is 0 Å². The molecule has 0 fully saturated rings. The van der Waals surface area contributed by atoms with Gasteiger partial charge in [0.2, 0.25) is 0 Å². The van der Waals surface area contributed by atoms with Crippen LogP contribution in [0.15, 0.2) is 78.9 Å². The van der Waals surface area contributed by atoms with Gasteiger partial charge in [-0.1, -0.05) is 86.6 Å². The summed E-state index contributed by atoms with van der Waals surface area (Å²) in [6, 6.07) is 25.8. The number of rotatable bonds is 8. The first kappa shape index (κ1) is 20.7. The van der Waals surface area contributed by atoms with E-state index in [-0.39, 0.29) is 5.92 Å². The molecule has 3 aromatic rings. The molecule has 3 heteroatoms. The Morgan fingerprint density at radius 2 is 1.52 bits per heavy atom. The molecule has 150 valence electrons. The fraction of sp³-hybridized carbons (Fsp3) is 0.269. The van der Waals surface area contributed by atoms with Gasteiger partial charge in [-0.2, -0.15) is 0 Å². The van der Waals surface area contributed by atoms with Gasteiger partial charge in [-0.3, -0.25) is 4.79 Å². The first-order valence-corrected chi connectivity index (χ1v) is 9.96. The monoisotopic (exact) mass is 388 g/mol. The zero-order chi connectivity index (χ0) is 20.9. The number of benzene rings is 3. The summed E-state index contributed by atoms with van der Waals surface area (Å²) in [7, 11) is 1.65. The second-order valence-electron chi connectivity index (χ2n) is 7.78. The number of methoxy groups -OCH3 is 1. The highest BCUT2D eigenvalue weighted by Gasteiger charge is 2.43. The zero-order valence-corrected chi connectivity index (χ0v) is 17.3. The van der Waals surface area contributed by atoms with E-state index in [9.17, 15) is 9.90 Å². The van der Waals surface area contributed by atoms with Gasteiger partial charge in [0, 0.05) is 6.42 Å². The largest absolute Gasteiger partial charge is 0.496 e. The molecule has 0 aromatic heterocycles. The third kappa shape index (κ3) is 4.34. The van der Waals surface area contributed by atoms with E-state index in [2.05, 4.69) is 12.1 Å². The molecular weight excluding hydrogens is 360 g/mol. The third-order valence-electron chi connectivity index (χ3n) is 5.73. The van der Waals surface area contributed by atoms with Crippen molar-refractivity contribution in [3.8, 4) is 5.75 Å². The predicted molar refractivity (Wildman–Crippen MR) is 117 cm³/mol. The van der Waals surface area contributed by atoms with Crippen LogP contribution in [-0.4, -0.2) is 18.2 Å². The van der Waals surface area contributed by atoms with Crippen LogP contribution in [0.3, 0.4) is 0 Å². The Balaban J connectivity index is 2.10. The van der Waals surface area contributed by atoms with Crippen LogP contribution in [0, 0.1) is 5.92 Å². The van der Waals surface area contributed by atoms with E-state index in [4.69, 9.17) is 4.74 Å². The molecule has 0 saturated heterocycles. The van der Waals surface area contributed by atoms with E-state index in [1.807, 2.05) is 80.6 Å². The minimum atomic E-state index is -1.01. The number of carboxylic acid groups (broad SMARTS) is 1. The number of carboxylic acids is 1. The van der Waals surface area contributed by atoms with E-state index >= 15 is 0 Å². The maximum atomic E-state index is 12.7. The van der Waals surface area contributed by atoms with Crippen molar-refractivity contribution < 1.29 is 14.6 Å². The minimum Gasteiger partial charge on any atom is -0.496 e. The van der Waals surface area contributed by atoms with Gasteiger partial charge in [-0.05, 0) is 40.7 Å². The SMILES string of the molecule is COc1ccc(C(Cc2ccccc2)(C(=O)O)C(C)C)cc1Cc1ccccc1. The Labute approximate surface area is 173 Å². The highest BCUT2D eigenvalue weighted by molar-refractivity contribution is 5.82. The fourth-order valence-electron chi connectivity index (χ4n) is 4.01. The summed E-state index contributed by atoms with van der Waals surface area (Å²) >= 11 is 0. The van der Waals surface area contributed by atoms with E-state index in [1.54, 1.807) is 7.11 Å². The Morgan fingerprint density at radius 1 is 0.931 bits per heavy atom. The molecule has 0 spiro atoms. The predicted octanol–water partition coefficient (Wildman–Crippen LogP) is 5.51. The lowest BCUT2D eigenvalue weighted by atomic mass is 9.67. The Hall–Kier alpha value is -3.07. The van der Waals surface area contributed by atoms with Crippen LogP contribution in [0.5, 0.6) is 5.75 Å². The molecule has 3 aromatic carbocycles. The molecule has 29 heavy (non-hydrogen) atoms. The van der Waals surface area contributed by atoms with Gasteiger partial charge in [0.25, 0.3) is 0 Å². The van der Waals surface area contributed by atoms with Crippen LogP contribution in [0.4, 0.5) is 0 Å². The van der Waals surface area contributed by atoms with Crippen LogP contribution < -0.4 is 4.74 Å². The van der Waals surface area contributed by atoms with Crippen molar-refractivity contribution in [1.82, 2.24) is 0 Å². The molecule has 0 aliphatic heterocycles. The van der Waals surface area contributed by atoms with Gasteiger partial charge >= 0.3 is 5.97 Å². The molecule has 0 radical (unpaired) electrons. The van der Waals surface area contributed by atoms with Crippen LogP contribution in [0.25, 0.3) is 0 Å². The van der Waals surface area contributed by atoms with Gasteiger partial charge in [0.1, 0.15) is 5.75 Å². The fourth-order valence-corrected chi connectivity index (χ4v) is 4.01. The third-order valence-corrected chi connectivity index (χ3v) is 5.73. The Morgan fingerprint density at radius 3 is 2.03 bits per heavy atom. The highest BCUT2D eigenvalue weighted by Crippen LogP contribution is 2.39. The summed E-state index contributed by atoms with van der Waals surface area (Å²) in [5.41, 5.74) is 2.98. The van der Waals surface area contributed by atoms with Crippen LogP contribution in [-0.2, 0) is 23.1 Å².